The normalized spacial score (nSPS) is 27.9. The lowest BCUT2D eigenvalue weighted by molar-refractivity contribution is 0.0142. The summed E-state index contributed by atoms with van der Waals surface area (Å²) in [5.41, 5.74) is -0.549. The van der Waals surface area contributed by atoms with E-state index in [1.807, 2.05) is 0 Å². The molecule has 2 heterocycles. The lowest BCUT2D eigenvalue weighted by atomic mass is 10.2. The fourth-order valence-electron chi connectivity index (χ4n) is 1.99. The van der Waals surface area contributed by atoms with Crippen molar-refractivity contribution in [2.45, 2.75) is 32.4 Å². The van der Waals surface area contributed by atoms with Gasteiger partial charge < -0.3 is 9.64 Å². The SMILES string of the molecule is CC(C)(C)OC(=O)N1CCN2C(COS2(=O)=O)C1. The molecule has 0 spiro atoms. The van der Waals surface area contributed by atoms with Crippen LogP contribution in [0.3, 0.4) is 0 Å². The molecular formula is C10H18N2O5S. The molecule has 0 aliphatic carbocycles. The maximum atomic E-state index is 11.9. The molecule has 104 valence electrons. The third kappa shape index (κ3) is 2.76. The van der Waals surface area contributed by atoms with Crippen molar-refractivity contribution >= 4 is 16.4 Å². The molecule has 2 rings (SSSR count). The number of rotatable bonds is 0. The van der Waals surface area contributed by atoms with Crippen LogP contribution in [0.1, 0.15) is 20.8 Å². The van der Waals surface area contributed by atoms with Gasteiger partial charge in [-0.05, 0) is 20.8 Å². The van der Waals surface area contributed by atoms with E-state index in [-0.39, 0.29) is 19.2 Å². The van der Waals surface area contributed by atoms with E-state index in [1.165, 1.54) is 9.21 Å². The first-order valence-corrected chi connectivity index (χ1v) is 7.20. The molecule has 0 saturated carbocycles. The van der Waals surface area contributed by atoms with E-state index in [0.29, 0.717) is 13.1 Å². The predicted molar refractivity (Wildman–Crippen MR) is 63.2 cm³/mol. The molecule has 0 aromatic carbocycles. The number of piperazine rings is 1. The zero-order chi connectivity index (χ0) is 13.6. The Kier molecular flexibility index (Phi) is 3.28. The van der Waals surface area contributed by atoms with Gasteiger partial charge in [-0.2, -0.15) is 12.7 Å². The molecule has 2 fully saturated rings. The van der Waals surface area contributed by atoms with Crippen LogP contribution < -0.4 is 0 Å². The zero-order valence-electron chi connectivity index (χ0n) is 10.7. The highest BCUT2D eigenvalue weighted by Crippen LogP contribution is 2.23. The molecule has 2 aliphatic rings. The van der Waals surface area contributed by atoms with E-state index in [1.54, 1.807) is 20.8 Å². The van der Waals surface area contributed by atoms with Gasteiger partial charge in [-0.25, -0.2) is 4.79 Å². The lowest BCUT2D eigenvalue weighted by Crippen LogP contribution is -2.54. The Balaban J connectivity index is 1.99. The molecule has 1 amide bonds. The molecular weight excluding hydrogens is 260 g/mol. The minimum atomic E-state index is -3.58. The maximum absolute atomic E-state index is 11.9. The van der Waals surface area contributed by atoms with Gasteiger partial charge in [0.05, 0.1) is 12.6 Å². The van der Waals surface area contributed by atoms with Gasteiger partial charge >= 0.3 is 16.4 Å². The van der Waals surface area contributed by atoms with Gasteiger partial charge in [0.15, 0.2) is 0 Å². The van der Waals surface area contributed by atoms with Gasteiger partial charge in [-0.15, -0.1) is 0 Å². The van der Waals surface area contributed by atoms with Crippen molar-refractivity contribution in [2.24, 2.45) is 0 Å². The summed E-state index contributed by atoms with van der Waals surface area (Å²) in [5, 5.41) is 0. The Labute approximate surface area is 107 Å². The molecule has 0 aromatic heterocycles. The van der Waals surface area contributed by atoms with E-state index in [9.17, 15) is 13.2 Å². The topological polar surface area (TPSA) is 76.2 Å². The van der Waals surface area contributed by atoms with Crippen molar-refractivity contribution in [3.8, 4) is 0 Å². The molecule has 2 aliphatic heterocycles. The third-order valence-corrected chi connectivity index (χ3v) is 4.27. The van der Waals surface area contributed by atoms with Crippen molar-refractivity contribution in [2.75, 3.05) is 26.2 Å². The number of hydrogen-bond donors (Lipinski definition) is 0. The highest BCUT2D eigenvalue weighted by Gasteiger charge is 2.43. The second-order valence-electron chi connectivity index (χ2n) is 5.43. The molecule has 1 atom stereocenters. The van der Waals surface area contributed by atoms with Crippen LogP contribution in [0.15, 0.2) is 0 Å². The Morgan fingerprint density at radius 1 is 1.33 bits per heavy atom. The summed E-state index contributed by atoms with van der Waals surface area (Å²) in [6.45, 7) is 6.38. The number of ether oxygens (including phenoxy) is 1. The first kappa shape index (κ1) is 13.6. The highest BCUT2D eigenvalue weighted by molar-refractivity contribution is 7.84. The summed E-state index contributed by atoms with van der Waals surface area (Å²) in [6.07, 6.45) is -0.411. The number of fused-ring (bicyclic) bond motifs is 1. The van der Waals surface area contributed by atoms with Gasteiger partial charge in [0, 0.05) is 19.6 Å². The summed E-state index contributed by atoms with van der Waals surface area (Å²) in [5.74, 6) is 0. The molecule has 1 unspecified atom stereocenters. The summed E-state index contributed by atoms with van der Waals surface area (Å²) in [6, 6.07) is -0.295. The maximum Gasteiger partial charge on any atom is 0.410 e. The molecule has 18 heavy (non-hydrogen) atoms. The van der Waals surface area contributed by atoms with Gasteiger partial charge in [0.2, 0.25) is 0 Å². The smallest absolute Gasteiger partial charge is 0.410 e. The van der Waals surface area contributed by atoms with Gasteiger partial charge in [0.25, 0.3) is 0 Å². The number of nitrogens with zero attached hydrogens (tertiary/aromatic N) is 2. The zero-order valence-corrected chi connectivity index (χ0v) is 11.6. The first-order chi connectivity index (χ1) is 8.19. The van der Waals surface area contributed by atoms with Crippen molar-refractivity contribution in [3.05, 3.63) is 0 Å². The Morgan fingerprint density at radius 2 is 2.00 bits per heavy atom. The van der Waals surface area contributed by atoms with Crippen molar-refractivity contribution in [1.29, 1.82) is 0 Å². The molecule has 7 nitrogen and oxygen atoms in total. The van der Waals surface area contributed by atoms with E-state index in [2.05, 4.69) is 0 Å². The predicted octanol–water partition coefficient (Wildman–Crippen LogP) is 0.183. The van der Waals surface area contributed by atoms with E-state index < -0.39 is 22.0 Å². The first-order valence-electron chi connectivity index (χ1n) is 5.83. The van der Waals surface area contributed by atoms with Crippen LogP contribution in [0.25, 0.3) is 0 Å². The van der Waals surface area contributed by atoms with Crippen LogP contribution in [0, 0.1) is 0 Å². The summed E-state index contributed by atoms with van der Waals surface area (Å²) in [4.78, 5) is 13.4. The minimum Gasteiger partial charge on any atom is -0.444 e. The minimum absolute atomic E-state index is 0.0988. The van der Waals surface area contributed by atoms with Gasteiger partial charge in [0.1, 0.15) is 5.60 Å². The number of carbonyl (C=O) groups is 1. The number of hydrogen-bond acceptors (Lipinski definition) is 5. The van der Waals surface area contributed by atoms with E-state index in [0.717, 1.165) is 0 Å². The largest absolute Gasteiger partial charge is 0.444 e. The average Bonchev–Trinajstić information content (AvgIpc) is 2.52. The van der Waals surface area contributed by atoms with Crippen LogP contribution in [0.4, 0.5) is 4.79 Å². The Bertz CT molecular complexity index is 442. The Hall–Kier alpha value is -0.860. The van der Waals surface area contributed by atoms with Gasteiger partial charge in [-0.3, -0.25) is 4.18 Å². The van der Waals surface area contributed by atoms with Crippen molar-refractivity contribution < 1.29 is 22.1 Å². The van der Waals surface area contributed by atoms with Crippen LogP contribution in [-0.4, -0.2) is 61.6 Å². The lowest BCUT2D eigenvalue weighted by Gasteiger charge is -2.35. The van der Waals surface area contributed by atoms with E-state index in [4.69, 9.17) is 8.92 Å². The Morgan fingerprint density at radius 3 is 2.61 bits per heavy atom. The highest BCUT2D eigenvalue weighted by atomic mass is 32.2. The van der Waals surface area contributed by atoms with Crippen LogP contribution >= 0.6 is 0 Å². The summed E-state index contributed by atoms with van der Waals surface area (Å²) < 4.78 is 34.2. The average molecular weight is 278 g/mol. The standard InChI is InChI=1S/C10H18N2O5S/c1-10(2,3)17-9(13)11-4-5-12-8(6-11)7-16-18(12,14)15/h8H,4-7H2,1-3H3. The quantitative estimate of drug-likeness (QED) is 0.632. The van der Waals surface area contributed by atoms with Crippen molar-refractivity contribution in [1.82, 2.24) is 9.21 Å². The second-order valence-corrected chi connectivity index (χ2v) is 6.99. The molecule has 0 aromatic rings. The monoisotopic (exact) mass is 278 g/mol. The van der Waals surface area contributed by atoms with Crippen LogP contribution in [-0.2, 0) is 19.2 Å². The third-order valence-electron chi connectivity index (χ3n) is 2.78. The van der Waals surface area contributed by atoms with E-state index >= 15 is 0 Å². The fourth-order valence-corrected chi connectivity index (χ4v) is 3.26. The van der Waals surface area contributed by atoms with Crippen molar-refractivity contribution in [3.63, 3.8) is 0 Å². The van der Waals surface area contributed by atoms with Crippen LogP contribution in [0.5, 0.6) is 0 Å². The molecule has 0 N–H and O–H groups in total. The number of amides is 1. The van der Waals surface area contributed by atoms with Gasteiger partial charge in [-0.1, -0.05) is 0 Å². The summed E-state index contributed by atoms with van der Waals surface area (Å²) >= 11 is 0. The molecule has 8 heteroatoms. The number of carbonyl (C=O) groups excluding carboxylic acids is 1. The summed E-state index contributed by atoms with van der Waals surface area (Å²) in [7, 11) is -3.58. The molecule has 0 bridgehead atoms. The molecule has 0 radical (unpaired) electrons. The fraction of sp³-hybridized carbons (Fsp3) is 0.900. The van der Waals surface area contributed by atoms with Crippen LogP contribution in [0.2, 0.25) is 0 Å². The second kappa shape index (κ2) is 4.36. The molecule has 2 saturated heterocycles.